The average Bonchev–Trinajstić information content (AvgIpc) is 2.38. The van der Waals surface area contributed by atoms with Crippen LogP contribution in [-0.2, 0) is 9.59 Å². The van der Waals surface area contributed by atoms with Crippen molar-refractivity contribution in [3.8, 4) is 5.75 Å². The van der Waals surface area contributed by atoms with Gasteiger partial charge in [-0.1, -0.05) is 12.1 Å². The summed E-state index contributed by atoms with van der Waals surface area (Å²) in [6, 6.07) is 6.67. The van der Waals surface area contributed by atoms with Gasteiger partial charge in [0.1, 0.15) is 11.8 Å². The molecule has 1 atom stereocenters. The van der Waals surface area contributed by atoms with Gasteiger partial charge in [0.25, 0.3) is 5.91 Å². The van der Waals surface area contributed by atoms with Gasteiger partial charge >= 0.3 is 0 Å². The molecule has 0 aliphatic heterocycles. The van der Waals surface area contributed by atoms with Crippen LogP contribution in [0, 0.1) is 0 Å². The minimum absolute atomic E-state index is 0.133. The lowest BCUT2D eigenvalue weighted by atomic mass is 10.3. The molecule has 0 radical (unpaired) electrons. The van der Waals surface area contributed by atoms with Crippen LogP contribution in [0.4, 0.5) is 0 Å². The van der Waals surface area contributed by atoms with Crippen LogP contribution in [0.2, 0.25) is 0 Å². The van der Waals surface area contributed by atoms with Crippen molar-refractivity contribution in [1.82, 2.24) is 10.6 Å². The molecule has 1 aromatic rings. The molecule has 2 N–H and O–H groups in total. The van der Waals surface area contributed by atoms with Gasteiger partial charge in [-0.2, -0.15) is 0 Å². The van der Waals surface area contributed by atoms with Crippen LogP contribution in [0.5, 0.6) is 5.75 Å². The summed E-state index contributed by atoms with van der Waals surface area (Å²) in [6.45, 7) is 3.85. The molecule has 0 aliphatic rings. The molecule has 2 amide bonds. The highest BCUT2D eigenvalue weighted by atomic mass is 79.9. The molecular weight excluding hydrogens is 312 g/mol. The van der Waals surface area contributed by atoms with Gasteiger partial charge in [0.2, 0.25) is 5.91 Å². The van der Waals surface area contributed by atoms with Gasteiger partial charge in [-0.15, -0.1) is 0 Å². The molecule has 0 saturated carbocycles. The number of hydrogen-bond donors (Lipinski definition) is 2. The molecule has 0 aromatic heterocycles. The molecule has 104 valence electrons. The number of rotatable bonds is 6. The van der Waals surface area contributed by atoms with Gasteiger partial charge in [0.05, 0.1) is 4.47 Å². The second-order valence-electron chi connectivity index (χ2n) is 3.90. The van der Waals surface area contributed by atoms with Gasteiger partial charge in [-0.25, -0.2) is 0 Å². The predicted octanol–water partition coefficient (Wildman–Crippen LogP) is 1.47. The highest BCUT2D eigenvalue weighted by molar-refractivity contribution is 9.10. The zero-order valence-corrected chi connectivity index (χ0v) is 12.5. The van der Waals surface area contributed by atoms with E-state index >= 15 is 0 Å². The summed E-state index contributed by atoms with van der Waals surface area (Å²) in [6.07, 6.45) is 0. The molecule has 5 nitrogen and oxygen atoms in total. The summed E-state index contributed by atoms with van der Waals surface area (Å²) < 4.78 is 6.13. The van der Waals surface area contributed by atoms with Crippen molar-refractivity contribution < 1.29 is 14.3 Å². The number of carbonyl (C=O) groups is 2. The number of amides is 2. The van der Waals surface area contributed by atoms with Crippen LogP contribution in [0.1, 0.15) is 13.8 Å². The Balaban J connectivity index is 2.40. The summed E-state index contributed by atoms with van der Waals surface area (Å²) >= 11 is 3.32. The number of hydrogen-bond acceptors (Lipinski definition) is 3. The first-order valence-electron chi connectivity index (χ1n) is 5.99. The van der Waals surface area contributed by atoms with Crippen LogP contribution in [0.15, 0.2) is 28.7 Å². The Morgan fingerprint density at radius 2 is 2.05 bits per heavy atom. The van der Waals surface area contributed by atoms with E-state index in [1.54, 1.807) is 13.0 Å². The molecule has 0 bridgehead atoms. The summed E-state index contributed by atoms with van der Waals surface area (Å²) in [5.41, 5.74) is 0. The van der Waals surface area contributed by atoms with E-state index in [1.165, 1.54) is 0 Å². The van der Waals surface area contributed by atoms with E-state index in [2.05, 4.69) is 26.6 Å². The third-order valence-electron chi connectivity index (χ3n) is 2.32. The topological polar surface area (TPSA) is 67.4 Å². The molecule has 0 unspecified atom stereocenters. The third-order valence-corrected chi connectivity index (χ3v) is 2.97. The second-order valence-corrected chi connectivity index (χ2v) is 4.76. The fourth-order valence-electron chi connectivity index (χ4n) is 1.38. The van der Waals surface area contributed by atoms with E-state index < -0.39 is 6.04 Å². The first kappa shape index (κ1) is 15.5. The van der Waals surface area contributed by atoms with Crippen molar-refractivity contribution in [1.29, 1.82) is 0 Å². The van der Waals surface area contributed by atoms with Gasteiger partial charge < -0.3 is 15.4 Å². The van der Waals surface area contributed by atoms with Gasteiger partial charge in [0.15, 0.2) is 6.61 Å². The monoisotopic (exact) mass is 328 g/mol. The minimum Gasteiger partial charge on any atom is -0.483 e. The van der Waals surface area contributed by atoms with E-state index in [0.717, 1.165) is 4.47 Å². The molecule has 1 rings (SSSR count). The van der Waals surface area contributed by atoms with Crippen molar-refractivity contribution in [3.63, 3.8) is 0 Å². The van der Waals surface area contributed by atoms with E-state index in [-0.39, 0.29) is 18.4 Å². The minimum atomic E-state index is -0.574. The first-order chi connectivity index (χ1) is 9.04. The van der Waals surface area contributed by atoms with E-state index in [9.17, 15) is 9.59 Å². The Kier molecular flexibility index (Phi) is 6.35. The van der Waals surface area contributed by atoms with Crippen LogP contribution in [-0.4, -0.2) is 31.0 Å². The fourth-order valence-corrected chi connectivity index (χ4v) is 1.78. The first-order valence-corrected chi connectivity index (χ1v) is 6.78. The molecule has 0 heterocycles. The Morgan fingerprint density at radius 3 is 2.68 bits per heavy atom. The predicted molar refractivity (Wildman–Crippen MR) is 75.9 cm³/mol. The Hall–Kier alpha value is -1.56. The van der Waals surface area contributed by atoms with Gasteiger partial charge in [-0.3, -0.25) is 9.59 Å². The number of para-hydroxylation sites is 1. The van der Waals surface area contributed by atoms with Gasteiger partial charge in [0, 0.05) is 6.54 Å². The lowest BCUT2D eigenvalue weighted by Crippen LogP contribution is -2.46. The molecule has 0 spiro atoms. The molecule has 0 fully saturated rings. The Morgan fingerprint density at radius 1 is 1.37 bits per heavy atom. The number of nitrogens with one attached hydrogen (secondary N) is 2. The number of carbonyl (C=O) groups excluding carboxylic acids is 2. The summed E-state index contributed by atoms with van der Waals surface area (Å²) in [4.78, 5) is 23.0. The normalized spacial score (nSPS) is 11.5. The molecule has 0 aliphatic carbocycles. The van der Waals surface area contributed by atoms with Crippen molar-refractivity contribution in [2.75, 3.05) is 13.2 Å². The largest absolute Gasteiger partial charge is 0.483 e. The molecule has 19 heavy (non-hydrogen) atoms. The van der Waals surface area contributed by atoms with Gasteiger partial charge in [-0.05, 0) is 41.9 Å². The number of likely N-dealkylation sites (N-methyl/N-ethyl adjacent to an activating group) is 1. The van der Waals surface area contributed by atoms with Crippen LogP contribution in [0.3, 0.4) is 0 Å². The molecule has 1 aromatic carbocycles. The van der Waals surface area contributed by atoms with Crippen LogP contribution < -0.4 is 15.4 Å². The molecule has 0 saturated heterocycles. The standard InChI is InChI=1S/C13H17BrN2O3/c1-3-15-13(18)9(2)16-12(17)8-19-11-7-5-4-6-10(11)14/h4-7,9H,3,8H2,1-2H3,(H,15,18)(H,16,17)/t9-/m1/s1. The average molecular weight is 329 g/mol. The fraction of sp³-hybridized carbons (Fsp3) is 0.385. The second kappa shape index (κ2) is 7.78. The van der Waals surface area contributed by atoms with E-state index in [0.29, 0.717) is 12.3 Å². The maximum absolute atomic E-state index is 11.6. The van der Waals surface area contributed by atoms with Crippen molar-refractivity contribution in [2.24, 2.45) is 0 Å². The van der Waals surface area contributed by atoms with Crippen LogP contribution in [0.25, 0.3) is 0 Å². The zero-order valence-electron chi connectivity index (χ0n) is 10.9. The lowest BCUT2D eigenvalue weighted by Gasteiger charge is -2.14. The summed E-state index contributed by atoms with van der Waals surface area (Å²) in [5.74, 6) is 0.0366. The quantitative estimate of drug-likeness (QED) is 0.831. The highest BCUT2D eigenvalue weighted by Gasteiger charge is 2.15. The summed E-state index contributed by atoms with van der Waals surface area (Å²) in [5, 5.41) is 5.19. The van der Waals surface area contributed by atoms with Crippen molar-refractivity contribution in [3.05, 3.63) is 28.7 Å². The Bertz CT molecular complexity index is 451. The third kappa shape index (κ3) is 5.30. The maximum atomic E-state index is 11.6. The zero-order chi connectivity index (χ0) is 14.3. The maximum Gasteiger partial charge on any atom is 0.258 e. The van der Waals surface area contributed by atoms with Crippen molar-refractivity contribution in [2.45, 2.75) is 19.9 Å². The SMILES string of the molecule is CCNC(=O)[C@@H](C)NC(=O)COc1ccccc1Br. The highest BCUT2D eigenvalue weighted by Crippen LogP contribution is 2.23. The van der Waals surface area contributed by atoms with E-state index in [4.69, 9.17) is 4.74 Å². The Labute approximate surface area is 120 Å². The molecular formula is C13H17BrN2O3. The van der Waals surface area contributed by atoms with Crippen LogP contribution >= 0.6 is 15.9 Å². The summed E-state index contributed by atoms with van der Waals surface area (Å²) in [7, 11) is 0. The number of benzene rings is 1. The number of ether oxygens (including phenoxy) is 1. The van der Waals surface area contributed by atoms with E-state index in [1.807, 2.05) is 25.1 Å². The smallest absolute Gasteiger partial charge is 0.258 e. The van der Waals surface area contributed by atoms with Crippen molar-refractivity contribution >= 4 is 27.7 Å². The molecule has 6 heteroatoms. The lowest BCUT2D eigenvalue weighted by molar-refractivity contribution is -0.129. The number of halogens is 1.